The third kappa shape index (κ3) is 3.82. The maximum Gasteiger partial charge on any atom is 0.271 e. The summed E-state index contributed by atoms with van der Waals surface area (Å²) >= 11 is 1.22. The van der Waals surface area contributed by atoms with Crippen molar-refractivity contribution in [2.24, 2.45) is 0 Å². The zero-order chi connectivity index (χ0) is 19.7. The highest BCUT2D eigenvalue weighted by atomic mass is 32.2. The summed E-state index contributed by atoms with van der Waals surface area (Å²) in [4.78, 5) is 12.5. The molecule has 1 unspecified atom stereocenters. The van der Waals surface area contributed by atoms with Crippen LogP contribution in [-0.2, 0) is 4.79 Å². The molecule has 3 aromatic heterocycles. The summed E-state index contributed by atoms with van der Waals surface area (Å²) in [6, 6.07) is 3.84. The van der Waals surface area contributed by atoms with E-state index >= 15 is 0 Å². The number of aryl methyl sites for hydroxylation is 2. The molecule has 0 radical (unpaired) electrons. The van der Waals surface area contributed by atoms with E-state index in [1.165, 1.54) is 16.4 Å². The van der Waals surface area contributed by atoms with Gasteiger partial charge in [0.25, 0.3) is 5.95 Å². The van der Waals surface area contributed by atoms with Gasteiger partial charge in [-0.15, -0.1) is 10.2 Å². The third-order valence-corrected chi connectivity index (χ3v) is 4.96. The molecule has 11 heteroatoms. The van der Waals surface area contributed by atoms with E-state index in [0.29, 0.717) is 16.9 Å². The molecule has 144 valence electrons. The van der Waals surface area contributed by atoms with Gasteiger partial charge in [-0.25, -0.2) is 14.0 Å². The van der Waals surface area contributed by atoms with Crippen molar-refractivity contribution in [2.45, 2.75) is 51.1 Å². The van der Waals surface area contributed by atoms with Gasteiger partial charge in [0, 0.05) is 17.8 Å². The molecule has 0 aliphatic heterocycles. The largest absolute Gasteiger partial charge is 0.334 e. The molecular formula is C16H23N9OS. The highest BCUT2D eigenvalue weighted by molar-refractivity contribution is 8.00. The van der Waals surface area contributed by atoms with Crippen molar-refractivity contribution < 1.29 is 4.79 Å². The van der Waals surface area contributed by atoms with Gasteiger partial charge >= 0.3 is 0 Å². The molecule has 3 rings (SSSR count). The number of thioether (sulfide) groups is 1. The summed E-state index contributed by atoms with van der Waals surface area (Å²) < 4.78 is 4.71. The summed E-state index contributed by atoms with van der Waals surface area (Å²) in [7, 11) is 0. The van der Waals surface area contributed by atoms with Crippen molar-refractivity contribution >= 4 is 23.5 Å². The van der Waals surface area contributed by atoms with Crippen LogP contribution in [0.25, 0.3) is 5.95 Å². The summed E-state index contributed by atoms with van der Waals surface area (Å²) in [6.07, 6.45) is 1.66. The molecule has 3 aromatic rings. The number of aromatic nitrogens is 7. The summed E-state index contributed by atoms with van der Waals surface area (Å²) in [5.74, 6) is 7.01. The molecular weight excluding hydrogens is 366 g/mol. The number of nitrogens with two attached hydrogens (primary N) is 1. The van der Waals surface area contributed by atoms with E-state index < -0.39 is 5.25 Å². The number of amides is 1. The highest BCUT2D eigenvalue weighted by Crippen LogP contribution is 2.23. The summed E-state index contributed by atoms with van der Waals surface area (Å²) in [5.41, 5.74) is 1.76. The number of hydrogen-bond donors (Lipinski definition) is 2. The van der Waals surface area contributed by atoms with Crippen LogP contribution in [-0.4, -0.2) is 45.6 Å². The molecule has 3 heterocycles. The Bertz CT molecular complexity index is 955. The zero-order valence-corrected chi connectivity index (χ0v) is 16.7. The SMILES string of the molecule is Cc1cc(C)n(-c2nnc(SC(C)C(=O)Nc3ccnn3C(C)C)n2N)n1. The topological polar surface area (TPSA) is 121 Å². The van der Waals surface area contributed by atoms with Crippen molar-refractivity contribution in [3.63, 3.8) is 0 Å². The number of carbonyl (C=O) groups is 1. The Morgan fingerprint density at radius 2 is 2.00 bits per heavy atom. The average molecular weight is 389 g/mol. The molecule has 0 aromatic carbocycles. The van der Waals surface area contributed by atoms with E-state index in [9.17, 15) is 4.79 Å². The van der Waals surface area contributed by atoms with Gasteiger partial charge in [-0.3, -0.25) is 4.79 Å². The number of nitrogens with zero attached hydrogens (tertiary/aromatic N) is 7. The Morgan fingerprint density at radius 3 is 2.63 bits per heavy atom. The lowest BCUT2D eigenvalue weighted by molar-refractivity contribution is -0.115. The number of carbonyl (C=O) groups excluding carboxylic acids is 1. The van der Waals surface area contributed by atoms with Gasteiger partial charge in [0.15, 0.2) is 0 Å². The number of rotatable bonds is 6. The lowest BCUT2D eigenvalue weighted by Gasteiger charge is -2.14. The van der Waals surface area contributed by atoms with E-state index in [0.717, 1.165) is 11.4 Å². The second kappa shape index (κ2) is 7.43. The van der Waals surface area contributed by atoms with Gasteiger partial charge in [0.1, 0.15) is 5.82 Å². The van der Waals surface area contributed by atoms with Gasteiger partial charge < -0.3 is 11.2 Å². The molecule has 0 bridgehead atoms. The fourth-order valence-corrected chi connectivity index (χ4v) is 3.36. The molecule has 0 aliphatic carbocycles. The van der Waals surface area contributed by atoms with Crippen LogP contribution in [0.15, 0.2) is 23.5 Å². The first-order valence-electron chi connectivity index (χ1n) is 8.53. The number of nitrogen functional groups attached to an aromatic ring is 1. The van der Waals surface area contributed by atoms with Crippen LogP contribution >= 0.6 is 11.8 Å². The molecule has 0 saturated heterocycles. The van der Waals surface area contributed by atoms with Crippen molar-refractivity contribution in [3.8, 4) is 5.95 Å². The number of hydrogen-bond acceptors (Lipinski definition) is 7. The Balaban J connectivity index is 1.73. The Kier molecular flexibility index (Phi) is 5.22. The van der Waals surface area contributed by atoms with Gasteiger partial charge in [-0.05, 0) is 40.7 Å². The Labute approximate surface area is 161 Å². The fourth-order valence-electron chi connectivity index (χ4n) is 2.59. The zero-order valence-electron chi connectivity index (χ0n) is 15.9. The predicted molar refractivity (Wildman–Crippen MR) is 103 cm³/mol. The molecule has 0 aliphatic rings. The van der Waals surface area contributed by atoms with Crippen molar-refractivity contribution in [3.05, 3.63) is 29.7 Å². The van der Waals surface area contributed by atoms with Gasteiger partial charge in [-0.2, -0.15) is 10.2 Å². The van der Waals surface area contributed by atoms with E-state index in [1.807, 2.05) is 33.8 Å². The van der Waals surface area contributed by atoms with Crippen LogP contribution < -0.4 is 11.2 Å². The maximum absolute atomic E-state index is 12.5. The molecule has 27 heavy (non-hydrogen) atoms. The third-order valence-electron chi connectivity index (χ3n) is 3.91. The summed E-state index contributed by atoms with van der Waals surface area (Å²) in [6.45, 7) is 9.59. The maximum atomic E-state index is 12.5. The first kappa shape index (κ1) is 19.0. The van der Waals surface area contributed by atoms with Gasteiger partial charge in [0.2, 0.25) is 11.1 Å². The van der Waals surface area contributed by atoms with Crippen LogP contribution in [0, 0.1) is 13.8 Å². The smallest absolute Gasteiger partial charge is 0.271 e. The number of anilines is 1. The van der Waals surface area contributed by atoms with E-state index in [4.69, 9.17) is 5.84 Å². The van der Waals surface area contributed by atoms with Crippen molar-refractivity contribution in [1.82, 2.24) is 34.4 Å². The minimum atomic E-state index is -0.430. The lowest BCUT2D eigenvalue weighted by Crippen LogP contribution is -2.25. The van der Waals surface area contributed by atoms with Crippen molar-refractivity contribution in [1.29, 1.82) is 0 Å². The molecule has 0 spiro atoms. The van der Waals surface area contributed by atoms with Crippen LogP contribution in [0.1, 0.15) is 38.2 Å². The molecule has 10 nitrogen and oxygen atoms in total. The van der Waals surface area contributed by atoms with Crippen LogP contribution in [0.5, 0.6) is 0 Å². The van der Waals surface area contributed by atoms with Gasteiger partial charge in [-0.1, -0.05) is 11.8 Å². The highest BCUT2D eigenvalue weighted by Gasteiger charge is 2.22. The van der Waals surface area contributed by atoms with E-state index in [-0.39, 0.29) is 11.9 Å². The van der Waals surface area contributed by atoms with Crippen LogP contribution in [0.2, 0.25) is 0 Å². The number of nitrogens with one attached hydrogen (secondary N) is 1. The second-order valence-corrected chi connectivity index (χ2v) is 7.80. The quantitative estimate of drug-likeness (QED) is 0.486. The predicted octanol–water partition coefficient (Wildman–Crippen LogP) is 1.69. The Morgan fingerprint density at radius 1 is 1.26 bits per heavy atom. The summed E-state index contributed by atoms with van der Waals surface area (Å²) in [5, 5.41) is 19.7. The molecule has 0 fully saturated rings. The Hall–Kier alpha value is -2.82. The molecule has 1 amide bonds. The molecule has 3 N–H and O–H groups in total. The first-order chi connectivity index (χ1) is 12.8. The second-order valence-electron chi connectivity index (χ2n) is 6.50. The minimum Gasteiger partial charge on any atom is -0.334 e. The first-order valence-corrected chi connectivity index (χ1v) is 9.41. The fraction of sp³-hybridized carbons (Fsp3) is 0.438. The van der Waals surface area contributed by atoms with Gasteiger partial charge in [0.05, 0.1) is 17.1 Å². The standard InChI is InChI=1S/C16H23N9OS/c1-9(2)24-13(6-7-18-24)19-14(26)12(5)27-16-21-20-15(23(16)17)25-11(4)8-10(3)22-25/h6-9,12H,17H2,1-5H3,(H,19,26). The lowest BCUT2D eigenvalue weighted by atomic mass is 10.4. The molecule has 0 saturated carbocycles. The van der Waals surface area contributed by atoms with E-state index in [2.05, 4.69) is 25.7 Å². The minimum absolute atomic E-state index is 0.147. The normalized spacial score (nSPS) is 12.5. The molecule has 1 atom stereocenters. The monoisotopic (exact) mass is 389 g/mol. The van der Waals surface area contributed by atoms with E-state index in [1.54, 1.807) is 28.6 Å². The van der Waals surface area contributed by atoms with Crippen LogP contribution in [0.4, 0.5) is 5.82 Å². The van der Waals surface area contributed by atoms with Crippen LogP contribution in [0.3, 0.4) is 0 Å². The average Bonchev–Trinajstić information content (AvgIpc) is 3.28. The van der Waals surface area contributed by atoms with Crippen molar-refractivity contribution in [2.75, 3.05) is 11.2 Å².